The summed E-state index contributed by atoms with van der Waals surface area (Å²) in [5.41, 5.74) is 0. The van der Waals surface area contributed by atoms with Gasteiger partial charge in [0.2, 0.25) is 5.95 Å². The Balaban J connectivity index is 1.69. The van der Waals surface area contributed by atoms with Gasteiger partial charge in [0.25, 0.3) is 0 Å². The number of anilines is 1. The molecule has 0 atom stereocenters. The van der Waals surface area contributed by atoms with Gasteiger partial charge in [-0.1, -0.05) is 12.8 Å². The number of imidazole rings is 1. The zero-order valence-corrected chi connectivity index (χ0v) is 11.1. The third kappa shape index (κ3) is 3.99. The summed E-state index contributed by atoms with van der Waals surface area (Å²) in [6, 6.07) is 0. The number of aromatic nitrogens is 2. The van der Waals surface area contributed by atoms with E-state index in [1.807, 2.05) is 12.4 Å². The molecule has 0 saturated heterocycles. The van der Waals surface area contributed by atoms with Crippen LogP contribution in [0.1, 0.15) is 25.7 Å². The van der Waals surface area contributed by atoms with E-state index in [0.29, 0.717) is 12.7 Å². The third-order valence-electron chi connectivity index (χ3n) is 3.29. The first kappa shape index (κ1) is 13.4. The van der Waals surface area contributed by atoms with E-state index in [4.69, 9.17) is 9.47 Å². The molecule has 1 heterocycles. The second kappa shape index (κ2) is 7.38. The van der Waals surface area contributed by atoms with Gasteiger partial charge in [-0.25, -0.2) is 4.98 Å². The van der Waals surface area contributed by atoms with Crippen LogP contribution in [0.15, 0.2) is 12.4 Å². The standard InChI is InChI=1S/C13H23N3O2/c1-17-10-7-15-13-14-6-8-16(13)9-11-18-12-4-2-3-5-12/h6,8,12H,2-5,7,9-11H2,1H3,(H,14,15). The summed E-state index contributed by atoms with van der Waals surface area (Å²) in [6.45, 7) is 3.08. The van der Waals surface area contributed by atoms with Gasteiger partial charge >= 0.3 is 0 Å². The fourth-order valence-corrected chi connectivity index (χ4v) is 2.29. The van der Waals surface area contributed by atoms with Gasteiger partial charge in [-0.3, -0.25) is 0 Å². The van der Waals surface area contributed by atoms with Crippen LogP contribution in [0.4, 0.5) is 5.95 Å². The van der Waals surface area contributed by atoms with E-state index in [1.165, 1.54) is 25.7 Å². The van der Waals surface area contributed by atoms with Crippen LogP contribution in [0.3, 0.4) is 0 Å². The molecule has 1 aliphatic rings. The number of nitrogens with one attached hydrogen (secondary N) is 1. The molecule has 1 aromatic rings. The third-order valence-corrected chi connectivity index (χ3v) is 3.29. The minimum absolute atomic E-state index is 0.485. The number of hydrogen-bond acceptors (Lipinski definition) is 4. The second-order valence-electron chi connectivity index (χ2n) is 4.64. The van der Waals surface area contributed by atoms with Crippen LogP contribution in [0.25, 0.3) is 0 Å². The molecule has 5 nitrogen and oxygen atoms in total. The Labute approximate surface area is 108 Å². The van der Waals surface area contributed by atoms with Crippen molar-refractivity contribution in [2.75, 3.05) is 32.2 Å². The lowest BCUT2D eigenvalue weighted by Crippen LogP contribution is -2.16. The Morgan fingerprint density at radius 3 is 3.00 bits per heavy atom. The van der Waals surface area contributed by atoms with E-state index in [0.717, 1.165) is 25.6 Å². The second-order valence-corrected chi connectivity index (χ2v) is 4.64. The van der Waals surface area contributed by atoms with Gasteiger partial charge in [0.05, 0.1) is 19.3 Å². The van der Waals surface area contributed by atoms with Crippen molar-refractivity contribution >= 4 is 5.95 Å². The average Bonchev–Trinajstić information content (AvgIpc) is 3.02. The van der Waals surface area contributed by atoms with Crippen molar-refractivity contribution in [2.45, 2.75) is 38.3 Å². The minimum Gasteiger partial charge on any atom is -0.383 e. The van der Waals surface area contributed by atoms with Gasteiger partial charge in [0.15, 0.2) is 0 Å². The quantitative estimate of drug-likeness (QED) is 0.719. The molecular formula is C13H23N3O2. The van der Waals surface area contributed by atoms with Gasteiger partial charge in [-0.05, 0) is 12.8 Å². The van der Waals surface area contributed by atoms with Gasteiger partial charge in [-0.2, -0.15) is 0 Å². The predicted molar refractivity (Wildman–Crippen MR) is 70.8 cm³/mol. The molecule has 1 aromatic heterocycles. The molecule has 0 aliphatic heterocycles. The highest BCUT2D eigenvalue weighted by Crippen LogP contribution is 2.20. The van der Waals surface area contributed by atoms with Crippen LogP contribution in [0.2, 0.25) is 0 Å². The van der Waals surface area contributed by atoms with Crippen molar-refractivity contribution in [3.05, 3.63) is 12.4 Å². The molecule has 1 N–H and O–H groups in total. The Morgan fingerprint density at radius 2 is 2.22 bits per heavy atom. The Hall–Kier alpha value is -1.07. The van der Waals surface area contributed by atoms with Gasteiger partial charge in [0.1, 0.15) is 0 Å². The minimum atomic E-state index is 0.485. The van der Waals surface area contributed by atoms with Crippen molar-refractivity contribution in [1.29, 1.82) is 0 Å². The topological polar surface area (TPSA) is 48.3 Å². The summed E-state index contributed by atoms with van der Waals surface area (Å²) in [5.74, 6) is 0.891. The lowest BCUT2D eigenvalue weighted by atomic mass is 10.3. The number of methoxy groups -OCH3 is 1. The van der Waals surface area contributed by atoms with Gasteiger partial charge in [-0.15, -0.1) is 0 Å². The zero-order valence-electron chi connectivity index (χ0n) is 11.1. The summed E-state index contributed by atoms with van der Waals surface area (Å²) in [4.78, 5) is 4.28. The largest absolute Gasteiger partial charge is 0.383 e. The monoisotopic (exact) mass is 253 g/mol. The highest BCUT2D eigenvalue weighted by atomic mass is 16.5. The molecule has 0 bridgehead atoms. The molecule has 18 heavy (non-hydrogen) atoms. The number of nitrogens with zero attached hydrogens (tertiary/aromatic N) is 2. The molecule has 0 amide bonds. The highest BCUT2D eigenvalue weighted by Gasteiger charge is 2.14. The van der Waals surface area contributed by atoms with Crippen LogP contribution in [-0.4, -0.2) is 42.5 Å². The van der Waals surface area contributed by atoms with Crippen LogP contribution in [0.5, 0.6) is 0 Å². The van der Waals surface area contributed by atoms with E-state index >= 15 is 0 Å². The Bertz CT molecular complexity index is 335. The molecule has 0 spiro atoms. The molecule has 102 valence electrons. The first-order chi connectivity index (χ1) is 8.90. The van der Waals surface area contributed by atoms with E-state index in [9.17, 15) is 0 Å². The summed E-state index contributed by atoms with van der Waals surface area (Å²) in [6.07, 6.45) is 9.36. The summed E-state index contributed by atoms with van der Waals surface area (Å²) in [7, 11) is 1.70. The normalized spacial score (nSPS) is 16.3. The van der Waals surface area contributed by atoms with E-state index in [1.54, 1.807) is 7.11 Å². The predicted octanol–water partition coefficient (Wildman–Crippen LogP) is 1.90. The summed E-state index contributed by atoms with van der Waals surface area (Å²) in [5, 5.41) is 3.24. The molecule has 0 unspecified atom stereocenters. The van der Waals surface area contributed by atoms with Crippen LogP contribution in [0, 0.1) is 0 Å². The van der Waals surface area contributed by atoms with Gasteiger partial charge in [0, 0.05) is 32.6 Å². The summed E-state index contributed by atoms with van der Waals surface area (Å²) < 4.78 is 12.9. The summed E-state index contributed by atoms with van der Waals surface area (Å²) >= 11 is 0. The van der Waals surface area contributed by atoms with Crippen LogP contribution in [-0.2, 0) is 16.0 Å². The van der Waals surface area contributed by atoms with Crippen LogP contribution < -0.4 is 5.32 Å². The van der Waals surface area contributed by atoms with Crippen molar-refractivity contribution in [3.63, 3.8) is 0 Å². The molecule has 5 heteroatoms. The molecule has 0 aromatic carbocycles. The Kier molecular flexibility index (Phi) is 5.48. The first-order valence-electron chi connectivity index (χ1n) is 6.75. The lowest BCUT2D eigenvalue weighted by Gasteiger charge is -2.13. The average molecular weight is 253 g/mol. The van der Waals surface area contributed by atoms with Gasteiger partial charge < -0.3 is 19.4 Å². The van der Waals surface area contributed by atoms with Crippen molar-refractivity contribution in [3.8, 4) is 0 Å². The maximum absolute atomic E-state index is 5.86. The van der Waals surface area contributed by atoms with Crippen molar-refractivity contribution in [1.82, 2.24) is 9.55 Å². The molecule has 2 rings (SSSR count). The van der Waals surface area contributed by atoms with E-state index < -0.39 is 0 Å². The highest BCUT2D eigenvalue weighted by molar-refractivity contribution is 5.25. The lowest BCUT2D eigenvalue weighted by molar-refractivity contribution is 0.0532. The maximum atomic E-state index is 5.86. The smallest absolute Gasteiger partial charge is 0.202 e. The van der Waals surface area contributed by atoms with Crippen molar-refractivity contribution in [2.24, 2.45) is 0 Å². The fourth-order valence-electron chi connectivity index (χ4n) is 2.29. The molecule has 1 fully saturated rings. The molecule has 1 saturated carbocycles. The van der Waals surface area contributed by atoms with E-state index in [-0.39, 0.29) is 0 Å². The fraction of sp³-hybridized carbons (Fsp3) is 0.769. The number of ether oxygens (including phenoxy) is 2. The number of rotatable bonds is 8. The van der Waals surface area contributed by atoms with Crippen molar-refractivity contribution < 1.29 is 9.47 Å². The first-order valence-corrected chi connectivity index (χ1v) is 6.75. The molecule has 0 radical (unpaired) electrons. The zero-order chi connectivity index (χ0) is 12.6. The number of hydrogen-bond donors (Lipinski definition) is 1. The van der Waals surface area contributed by atoms with Crippen LogP contribution >= 0.6 is 0 Å². The maximum Gasteiger partial charge on any atom is 0.202 e. The molecular weight excluding hydrogens is 230 g/mol. The SMILES string of the molecule is COCCNc1nccn1CCOC1CCCC1. The van der Waals surface area contributed by atoms with E-state index in [2.05, 4.69) is 14.9 Å². The Morgan fingerprint density at radius 1 is 1.39 bits per heavy atom. The molecule has 1 aliphatic carbocycles.